The number of nitrogens with one attached hydrogen (secondary N) is 2. The summed E-state index contributed by atoms with van der Waals surface area (Å²) in [5, 5.41) is 5.26. The van der Waals surface area contributed by atoms with E-state index >= 15 is 0 Å². The molecular formula is C28H38N2O12. The van der Waals surface area contributed by atoms with Crippen molar-refractivity contribution in [3.8, 4) is 0 Å². The van der Waals surface area contributed by atoms with Crippen LogP contribution in [0.3, 0.4) is 0 Å². The molecule has 42 heavy (non-hydrogen) atoms. The van der Waals surface area contributed by atoms with E-state index in [1.165, 1.54) is 0 Å². The minimum atomic E-state index is -1.38. The van der Waals surface area contributed by atoms with E-state index < -0.39 is 73.1 Å². The zero-order valence-electron chi connectivity index (χ0n) is 24.1. The zero-order chi connectivity index (χ0) is 31.1. The predicted molar refractivity (Wildman–Crippen MR) is 143 cm³/mol. The van der Waals surface area contributed by atoms with Crippen LogP contribution in [0.1, 0.15) is 58.9 Å². The SMILES string of the molecule is CC(=O)OC[C@H]1O[C@@H](NC(=O)CCCCCNC(=O)OCc2ccccc2)[C@@H](OC(C)=O)[C@@H](OC(C)=O)[C@@H]1OC(C)=O. The highest BCUT2D eigenvalue weighted by Crippen LogP contribution is 2.28. The Labute approximate surface area is 243 Å². The largest absolute Gasteiger partial charge is 0.463 e. The monoisotopic (exact) mass is 594 g/mol. The van der Waals surface area contributed by atoms with Gasteiger partial charge in [0.15, 0.2) is 24.5 Å². The molecular weight excluding hydrogens is 556 g/mol. The van der Waals surface area contributed by atoms with Crippen LogP contribution in [0.4, 0.5) is 4.79 Å². The van der Waals surface area contributed by atoms with Crippen molar-refractivity contribution < 1.29 is 57.2 Å². The first-order chi connectivity index (χ1) is 20.0. The van der Waals surface area contributed by atoms with Gasteiger partial charge in [0.2, 0.25) is 5.91 Å². The van der Waals surface area contributed by atoms with Gasteiger partial charge in [0.25, 0.3) is 0 Å². The summed E-state index contributed by atoms with van der Waals surface area (Å²) < 4.78 is 32.0. The number of carbonyl (C=O) groups excluding carboxylic acids is 6. The fourth-order valence-electron chi connectivity index (χ4n) is 4.13. The maximum absolute atomic E-state index is 12.8. The quantitative estimate of drug-likeness (QED) is 0.181. The average Bonchev–Trinajstić information content (AvgIpc) is 2.91. The molecule has 2 rings (SSSR count). The van der Waals surface area contributed by atoms with Crippen molar-refractivity contribution in [2.24, 2.45) is 0 Å². The highest BCUT2D eigenvalue weighted by atomic mass is 16.7. The van der Waals surface area contributed by atoms with E-state index in [2.05, 4.69) is 10.6 Å². The molecule has 1 aromatic rings. The number of unbranched alkanes of at least 4 members (excludes halogenated alkanes) is 2. The molecule has 0 saturated carbocycles. The van der Waals surface area contributed by atoms with Gasteiger partial charge in [-0.3, -0.25) is 24.0 Å². The van der Waals surface area contributed by atoms with Crippen molar-refractivity contribution in [2.45, 2.75) is 90.6 Å². The topological polar surface area (TPSA) is 182 Å². The van der Waals surface area contributed by atoms with Gasteiger partial charge >= 0.3 is 30.0 Å². The second-order valence-electron chi connectivity index (χ2n) is 9.49. The number of hydrogen-bond acceptors (Lipinski definition) is 12. The molecule has 1 saturated heterocycles. The fraction of sp³-hybridized carbons (Fsp3) is 0.571. The Morgan fingerprint density at radius 2 is 1.36 bits per heavy atom. The van der Waals surface area contributed by atoms with E-state index in [1.54, 1.807) is 0 Å². The van der Waals surface area contributed by atoms with Crippen molar-refractivity contribution in [1.82, 2.24) is 10.6 Å². The summed E-state index contributed by atoms with van der Waals surface area (Å²) in [6, 6.07) is 9.26. The molecule has 1 aromatic carbocycles. The third-order valence-corrected chi connectivity index (χ3v) is 5.86. The lowest BCUT2D eigenvalue weighted by Gasteiger charge is -2.44. The van der Waals surface area contributed by atoms with Crippen LogP contribution in [0.2, 0.25) is 0 Å². The van der Waals surface area contributed by atoms with E-state index in [-0.39, 0.29) is 13.0 Å². The molecule has 0 bridgehead atoms. The molecule has 0 radical (unpaired) electrons. The van der Waals surface area contributed by atoms with Crippen molar-refractivity contribution in [1.29, 1.82) is 0 Å². The highest BCUT2D eigenvalue weighted by molar-refractivity contribution is 5.76. The second kappa shape index (κ2) is 17.6. The number of esters is 4. The standard InChI is InChI=1S/C28H38N2O12/c1-17(31)37-16-22-24(39-18(2)32)25(40-19(3)33)26(41-20(4)34)27(42-22)30-23(35)13-9-6-10-14-29-28(36)38-15-21-11-7-5-8-12-21/h5,7-8,11-12,22,24-27H,6,9-10,13-16H2,1-4H3,(H,29,36)(H,30,35)/t22-,24-,25+,26+,27-/m1/s1. The van der Waals surface area contributed by atoms with Gasteiger partial charge in [-0.2, -0.15) is 0 Å². The van der Waals surface area contributed by atoms with Crippen molar-refractivity contribution in [3.05, 3.63) is 35.9 Å². The second-order valence-corrected chi connectivity index (χ2v) is 9.49. The van der Waals surface area contributed by atoms with Crippen molar-refractivity contribution in [2.75, 3.05) is 13.2 Å². The van der Waals surface area contributed by atoms with Crippen molar-refractivity contribution in [3.63, 3.8) is 0 Å². The molecule has 2 N–H and O–H groups in total. The van der Waals surface area contributed by atoms with E-state index in [9.17, 15) is 28.8 Å². The number of alkyl carbamates (subject to hydrolysis) is 1. The Morgan fingerprint density at radius 1 is 0.738 bits per heavy atom. The molecule has 14 heteroatoms. The molecule has 232 valence electrons. The van der Waals surface area contributed by atoms with Crippen LogP contribution < -0.4 is 10.6 Å². The number of carbonyl (C=O) groups is 6. The minimum absolute atomic E-state index is 0.0608. The Kier molecular flexibility index (Phi) is 14.2. The van der Waals surface area contributed by atoms with Gasteiger partial charge in [-0.1, -0.05) is 36.8 Å². The van der Waals surface area contributed by atoms with Gasteiger partial charge in [-0.05, 0) is 18.4 Å². The minimum Gasteiger partial charge on any atom is -0.463 e. The van der Waals surface area contributed by atoms with Crippen LogP contribution in [0.5, 0.6) is 0 Å². The molecule has 1 aliphatic rings. The normalized spacial score (nSPS) is 21.3. The van der Waals surface area contributed by atoms with E-state index in [1.807, 2.05) is 30.3 Å². The van der Waals surface area contributed by atoms with Crippen LogP contribution in [-0.4, -0.2) is 79.7 Å². The maximum Gasteiger partial charge on any atom is 0.407 e. The lowest BCUT2D eigenvalue weighted by molar-refractivity contribution is -0.257. The first-order valence-corrected chi connectivity index (χ1v) is 13.5. The smallest absolute Gasteiger partial charge is 0.407 e. The van der Waals surface area contributed by atoms with Gasteiger partial charge in [0.1, 0.15) is 19.3 Å². The summed E-state index contributed by atoms with van der Waals surface area (Å²) in [5.74, 6) is -3.41. The van der Waals surface area contributed by atoms with E-state index in [0.29, 0.717) is 25.8 Å². The Morgan fingerprint density at radius 3 is 1.98 bits per heavy atom. The van der Waals surface area contributed by atoms with Gasteiger partial charge in [-0.15, -0.1) is 0 Å². The molecule has 0 spiro atoms. The lowest BCUT2D eigenvalue weighted by Crippen LogP contribution is -2.66. The summed E-state index contributed by atoms with van der Waals surface area (Å²) in [6.45, 7) is 4.62. The third kappa shape index (κ3) is 12.5. The van der Waals surface area contributed by atoms with Crippen LogP contribution in [0, 0.1) is 0 Å². The van der Waals surface area contributed by atoms with Gasteiger partial charge < -0.3 is 39.1 Å². The summed E-state index contributed by atoms with van der Waals surface area (Å²) in [5.41, 5.74) is 0.871. The molecule has 0 aliphatic carbocycles. The molecule has 2 amide bonds. The van der Waals surface area contributed by atoms with Crippen LogP contribution >= 0.6 is 0 Å². The first-order valence-electron chi connectivity index (χ1n) is 13.5. The average molecular weight is 595 g/mol. The van der Waals surface area contributed by atoms with Crippen LogP contribution in [-0.2, 0) is 59.0 Å². The van der Waals surface area contributed by atoms with Crippen molar-refractivity contribution >= 4 is 35.9 Å². The number of hydrogen-bond donors (Lipinski definition) is 2. The summed E-state index contributed by atoms with van der Waals surface area (Å²) in [7, 11) is 0. The number of ether oxygens (including phenoxy) is 6. The fourth-order valence-corrected chi connectivity index (χ4v) is 4.13. The van der Waals surface area contributed by atoms with Gasteiger partial charge in [-0.25, -0.2) is 4.79 Å². The zero-order valence-corrected chi connectivity index (χ0v) is 24.1. The number of rotatable bonds is 14. The third-order valence-electron chi connectivity index (χ3n) is 5.86. The molecule has 0 unspecified atom stereocenters. The van der Waals surface area contributed by atoms with Crippen LogP contribution in [0.15, 0.2) is 30.3 Å². The lowest BCUT2D eigenvalue weighted by atomic mass is 9.97. The predicted octanol–water partition coefficient (Wildman–Crippen LogP) is 1.67. The molecule has 1 aliphatic heterocycles. The molecule has 0 aromatic heterocycles. The summed E-state index contributed by atoms with van der Waals surface area (Å²) in [4.78, 5) is 71.6. The molecule has 1 fully saturated rings. The summed E-state index contributed by atoms with van der Waals surface area (Å²) in [6.07, 6.45) is -5.37. The Balaban J connectivity index is 1.93. The Hall–Kier alpha value is -4.20. The first kappa shape index (κ1) is 34.0. The van der Waals surface area contributed by atoms with E-state index in [4.69, 9.17) is 28.4 Å². The summed E-state index contributed by atoms with van der Waals surface area (Å²) >= 11 is 0. The van der Waals surface area contributed by atoms with E-state index in [0.717, 1.165) is 33.3 Å². The Bertz CT molecular complexity index is 1080. The van der Waals surface area contributed by atoms with Gasteiger partial charge in [0.05, 0.1) is 0 Å². The highest BCUT2D eigenvalue weighted by Gasteiger charge is 2.52. The van der Waals surface area contributed by atoms with Gasteiger partial charge in [0, 0.05) is 40.7 Å². The molecule has 1 heterocycles. The van der Waals surface area contributed by atoms with Crippen LogP contribution in [0.25, 0.3) is 0 Å². The number of benzene rings is 1. The molecule has 5 atom stereocenters. The maximum atomic E-state index is 12.8. The number of amides is 2. The molecule has 14 nitrogen and oxygen atoms in total.